The molecule has 3 rings (SSSR count). The van der Waals surface area contributed by atoms with Crippen molar-refractivity contribution in [2.75, 3.05) is 46.5 Å². The van der Waals surface area contributed by atoms with Gasteiger partial charge < -0.3 is 24.4 Å². The van der Waals surface area contributed by atoms with Crippen molar-refractivity contribution in [2.45, 2.75) is 12.6 Å². The number of nitrogens with zero attached hydrogens (tertiary/aromatic N) is 1. The fourth-order valence-corrected chi connectivity index (χ4v) is 2.57. The Morgan fingerprint density at radius 1 is 1.20 bits per heavy atom. The van der Waals surface area contributed by atoms with Gasteiger partial charge in [0.15, 0.2) is 11.5 Å². The minimum absolute atomic E-state index is 0.283. The molecule has 0 saturated carbocycles. The van der Waals surface area contributed by atoms with Crippen molar-refractivity contribution >= 4 is 0 Å². The third-order valence-corrected chi connectivity index (χ3v) is 3.65. The summed E-state index contributed by atoms with van der Waals surface area (Å²) in [4.78, 5) is 2.31. The second-order valence-electron chi connectivity index (χ2n) is 5.36. The Bertz CT molecular complexity index is 453. The van der Waals surface area contributed by atoms with E-state index in [0.717, 1.165) is 44.3 Å². The van der Waals surface area contributed by atoms with Crippen molar-refractivity contribution in [1.82, 2.24) is 10.2 Å². The minimum atomic E-state index is 0.283. The number of nitrogens with one attached hydrogen (secondary N) is 1. The third-order valence-electron chi connectivity index (χ3n) is 3.65. The van der Waals surface area contributed by atoms with Crippen LogP contribution in [0.5, 0.6) is 11.5 Å². The molecule has 20 heavy (non-hydrogen) atoms. The summed E-state index contributed by atoms with van der Waals surface area (Å²) in [7, 11) is 2.14. The summed E-state index contributed by atoms with van der Waals surface area (Å²) in [6.45, 7) is 5.81. The SMILES string of the molecule is CN1CCO[C@@H](CNCc2ccc3c(c2)OCCO3)C1. The molecule has 5 nitrogen and oxygen atoms in total. The summed E-state index contributed by atoms with van der Waals surface area (Å²) < 4.78 is 16.8. The second-order valence-corrected chi connectivity index (χ2v) is 5.36. The van der Waals surface area contributed by atoms with Gasteiger partial charge in [-0.1, -0.05) is 6.07 Å². The Labute approximate surface area is 119 Å². The maximum absolute atomic E-state index is 5.73. The van der Waals surface area contributed by atoms with Crippen LogP contribution in [0.4, 0.5) is 0 Å². The number of hydrogen-bond acceptors (Lipinski definition) is 5. The van der Waals surface area contributed by atoms with Gasteiger partial charge in [0.1, 0.15) is 13.2 Å². The Hall–Kier alpha value is -1.30. The third kappa shape index (κ3) is 3.42. The Morgan fingerprint density at radius 3 is 2.90 bits per heavy atom. The number of likely N-dealkylation sites (N-methyl/N-ethyl adjacent to an activating group) is 1. The van der Waals surface area contributed by atoms with Gasteiger partial charge in [-0.25, -0.2) is 0 Å². The smallest absolute Gasteiger partial charge is 0.161 e. The highest BCUT2D eigenvalue weighted by Crippen LogP contribution is 2.30. The molecule has 5 heteroatoms. The summed E-state index contributed by atoms with van der Waals surface area (Å²) in [5, 5.41) is 3.45. The lowest BCUT2D eigenvalue weighted by molar-refractivity contribution is -0.0182. The molecule has 0 aromatic heterocycles. The molecule has 0 radical (unpaired) electrons. The van der Waals surface area contributed by atoms with Crippen LogP contribution in [-0.2, 0) is 11.3 Å². The van der Waals surface area contributed by atoms with Crippen molar-refractivity contribution in [1.29, 1.82) is 0 Å². The first kappa shape index (κ1) is 13.7. The van der Waals surface area contributed by atoms with Crippen molar-refractivity contribution in [3.05, 3.63) is 23.8 Å². The standard InChI is InChI=1S/C15H22N2O3/c1-17-4-5-18-13(11-17)10-16-9-12-2-3-14-15(8-12)20-7-6-19-14/h2-3,8,13,16H,4-7,9-11H2,1H3/t13-/m0/s1. The molecule has 1 saturated heterocycles. The largest absolute Gasteiger partial charge is 0.486 e. The average molecular weight is 278 g/mol. The second kappa shape index (κ2) is 6.43. The highest BCUT2D eigenvalue weighted by molar-refractivity contribution is 5.43. The fraction of sp³-hybridized carbons (Fsp3) is 0.600. The molecule has 0 unspecified atom stereocenters. The van der Waals surface area contributed by atoms with Crippen molar-refractivity contribution in [3.63, 3.8) is 0 Å². The number of benzene rings is 1. The normalized spacial score (nSPS) is 22.8. The Kier molecular flexibility index (Phi) is 4.40. The van der Waals surface area contributed by atoms with Crippen LogP contribution in [0.1, 0.15) is 5.56 Å². The van der Waals surface area contributed by atoms with Crippen LogP contribution < -0.4 is 14.8 Å². The van der Waals surface area contributed by atoms with Crippen LogP contribution in [0, 0.1) is 0 Å². The Morgan fingerprint density at radius 2 is 2.05 bits per heavy atom. The van der Waals surface area contributed by atoms with Gasteiger partial charge in [-0.15, -0.1) is 0 Å². The van der Waals surface area contributed by atoms with Gasteiger partial charge in [0.05, 0.1) is 12.7 Å². The summed E-state index contributed by atoms with van der Waals surface area (Å²) >= 11 is 0. The molecule has 1 aromatic rings. The first-order chi connectivity index (χ1) is 9.81. The van der Waals surface area contributed by atoms with Gasteiger partial charge in [-0.05, 0) is 24.7 Å². The maximum atomic E-state index is 5.73. The van der Waals surface area contributed by atoms with Gasteiger partial charge in [-0.2, -0.15) is 0 Å². The predicted octanol–water partition coefficient (Wildman–Crippen LogP) is 0.878. The molecule has 1 N–H and O–H groups in total. The molecule has 2 aliphatic heterocycles. The van der Waals surface area contributed by atoms with E-state index in [-0.39, 0.29) is 6.10 Å². The van der Waals surface area contributed by atoms with E-state index >= 15 is 0 Å². The molecular weight excluding hydrogens is 256 g/mol. The van der Waals surface area contributed by atoms with E-state index in [2.05, 4.69) is 29.4 Å². The van der Waals surface area contributed by atoms with Gasteiger partial charge in [0.25, 0.3) is 0 Å². The van der Waals surface area contributed by atoms with Crippen LogP contribution in [0.2, 0.25) is 0 Å². The average Bonchev–Trinajstić information content (AvgIpc) is 2.47. The lowest BCUT2D eigenvalue weighted by atomic mass is 10.2. The van der Waals surface area contributed by atoms with Crippen molar-refractivity contribution in [3.8, 4) is 11.5 Å². The molecule has 1 fully saturated rings. The van der Waals surface area contributed by atoms with Gasteiger partial charge in [0, 0.05) is 26.2 Å². The molecule has 0 spiro atoms. The maximum Gasteiger partial charge on any atom is 0.161 e. The van der Waals surface area contributed by atoms with E-state index < -0.39 is 0 Å². The van der Waals surface area contributed by atoms with E-state index in [1.165, 1.54) is 5.56 Å². The molecule has 2 aliphatic rings. The minimum Gasteiger partial charge on any atom is -0.486 e. The summed E-state index contributed by atoms with van der Waals surface area (Å²) in [6, 6.07) is 6.11. The van der Waals surface area contributed by atoms with Crippen LogP contribution in [0.15, 0.2) is 18.2 Å². The van der Waals surface area contributed by atoms with Gasteiger partial charge >= 0.3 is 0 Å². The van der Waals surface area contributed by atoms with Crippen LogP contribution in [-0.4, -0.2) is 57.5 Å². The molecular formula is C15H22N2O3. The number of morpholine rings is 1. The first-order valence-corrected chi connectivity index (χ1v) is 7.20. The van der Waals surface area contributed by atoms with E-state index in [4.69, 9.17) is 14.2 Å². The van der Waals surface area contributed by atoms with Gasteiger partial charge in [0.2, 0.25) is 0 Å². The summed E-state index contributed by atoms with van der Waals surface area (Å²) in [5.74, 6) is 1.70. The highest BCUT2D eigenvalue weighted by atomic mass is 16.6. The molecule has 1 atom stereocenters. The van der Waals surface area contributed by atoms with E-state index in [1.54, 1.807) is 0 Å². The zero-order chi connectivity index (χ0) is 13.8. The van der Waals surface area contributed by atoms with Crippen molar-refractivity contribution < 1.29 is 14.2 Å². The quantitative estimate of drug-likeness (QED) is 0.885. The van der Waals surface area contributed by atoms with Crippen LogP contribution >= 0.6 is 0 Å². The fourth-order valence-electron chi connectivity index (χ4n) is 2.57. The molecule has 0 amide bonds. The molecule has 110 valence electrons. The van der Waals surface area contributed by atoms with E-state index in [9.17, 15) is 0 Å². The number of hydrogen-bond donors (Lipinski definition) is 1. The Balaban J connectivity index is 1.48. The summed E-state index contributed by atoms with van der Waals surface area (Å²) in [5.41, 5.74) is 1.21. The molecule has 1 aromatic carbocycles. The molecule has 2 heterocycles. The number of ether oxygens (including phenoxy) is 3. The number of rotatable bonds is 4. The summed E-state index contributed by atoms with van der Waals surface area (Å²) in [6.07, 6.45) is 0.283. The van der Waals surface area contributed by atoms with Gasteiger partial charge in [-0.3, -0.25) is 0 Å². The van der Waals surface area contributed by atoms with Crippen LogP contribution in [0.3, 0.4) is 0 Å². The zero-order valence-corrected chi connectivity index (χ0v) is 11.9. The van der Waals surface area contributed by atoms with Crippen molar-refractivity contribution in [2.24, 2.45) is 0 Å². The molecule has 0 bridgehead atoms. The lowest BCUT2D eigenvalue weighted by Gasteiger charge is -2.30. The highest BCUT2D eigenvalue weighted by Gasteiger charge is 2.17. The topological polar surface area (TPSA) is 43.0 Å². The van der Waals surface area contributed by atoms with E-state index in [1.807, 2.05) is 6.07 Å². The first-order valence-electron chi connectivity index (χ1n) is 7.20. The lowest BCUT2D eigenvalue weighted by Crippen LogP contribution is -2.44. The monoisotopic (exact) mass is 278 g/mol. The predicted molar refractivity (Wildman–Crippen MR) is 76.4 cm³/mol. The zero-order valence-electron chi connectivity index (χ0n) is 11.9. The number of fused-ring (bicyclic) bond motifs is 1. The van der Waals surface area contributed by atoms with Crippen LogP contribution in [0.25, 0.3) is 0 Å². The molecule has 0 aliphatic carbocycles. The van der Waals surface area contributed by atoms with E-state index in [0.29, 0.717) is 13.2 Å².